The maximum absolute atomic E-state index is 10.4. The van der Waals surface area contributed by atoms with Crippen molar-refractivity contribution in [3.05, 3.63) is 12.2 Å². The average Bonchev–Trinajstić information content (AvgIpc) is 2.86. The normalized spacial score (nSPS) is 24.6. The number of β-amino-alcohol motifs (C(OH)–C–C–N with tert-alkyl or cyclic N) is 1. The van der Waals surface area contributed by atoms with Crippen molar-refractivity contribution in [2.45, 2.75) is 44.4 Å². The summed E-state index contributed by atoms with van der Waals surface area (Å²) >= 11 is 0. The largest absolute Gasteiger partial charge is 0.389 e. The van der Waals surface area contributed by atoms with Gasteiger partial charge in [0.15, 0.2) is 0 Å². The van der Waals surface area contributed by atoms with Gasteiger partial charge in [0.25, 0.3) is 0 Å². The molecule has 88 valence electrons. The van der Waals surface area contributed by atoms with Gasteiger partial charge in [-0.2, -0.15) is 0 Å². The molecule has 2 heterocycles. The van der Waals surface area contributed by atoms with Crippen molar-refractivity contribution in [3.8, 4) is 0 Å². The summed E-state index contributed by atoms with van der Waals surface area (Å²) in [6.45, 7) is 3.55. The summed E-state index contributed by atoms with van der Waals surface area (Å²) < 4.78 is 2.09. The predicted molar refractivity (Wildman–Crippen MR) is 58.7 cm³/mol. The van der Waals surface area contributed by atoms with E-state index in [4.69, 9.17) is 0 Å². The average molecular weight is 222 g/mol. The van der Waals surface area contributed by atoms with Crippen LogP contribution in [0.15, 0.2) is 6.33 Å². The van der Waals surface area contributed by atoms with Crippen LogP contribution < -0.4 is 0 Å². The van der Waals surface area contributed by atoms with E-state index < -0.39 is 5.60 Å². The number of nitrogens with zero attached hydrogens (tertiary/aromatic N) is 4. The smallest absolute Gasteiger partial charge is 0.147 e. The van der Waals surface area contributed by atoms with Crippen molar-refractivity contribution in [2.24, 2.45) is 0 Å². The van der Waals surface area contributed by atoms with Crippen molar-refractivity contribution in [1.82, 2.24) is 19.7 Å². The first-order valence-electron chi connectivity index (χ1n) is 6.07. The van der Waals surface area contributed by atoms with Crippen LogP contribution >= 0.6 is 0 Å². The summed E-state index contributed by atoms with van der Waals surface area (Å²) in [4.78, 5) is 2.30. The lowest BCUT2D eigenvalue weighted by Crippen LogP contribution is -2.44. The Bertz CT molecular complexity index is 370. The fraction of sp³-hybridized carbons (Fsp3) is 0.818. The van der Waals surface area contributed by atoms with Crippen LogP contribution in [-0.2, 0) is 13.1 Å². The highest BCUT2D eigenvalue weighted by molar-refractivity contribution is 4.94. The molecule has 5 nitrogen and oxygen atoms in total. The molecule has 0 aromatic carbocycles. The molecule has 5 heteroatoms. The SMILES string of the molecule is OC1(CN2CCn3cnnc3C2)CCCC1. The van der Waals surface area contributed by atoms with Crippen LogP contribution in [0.1, 0.15) is 31.5 Å². The summed E-state index contributed by atoms with van der Waals surface area (Å²) in [5, 5.41) is 18.4. The molecule has 1 fully saturated rings. The first-order valence-corrected chi connectivity index (χ1v) is 6.07. The van der Waals surface area contributed by atoms with Crippen LogP contribution in [0, 0.1) is 0 Å². The summed E-state index contributed by atoms with van der Waals surface area (Å²) in [6.07, 6.45) is 6.03. The van der Waals surface area contributed by atoms with Gasteiger partial charge >= 0.3 is 0 Å². The summed E-state index contributed by atoms with van der Waals surface area (Å²) in [5.74, 6) is 1.02. The maximum Gasteiger partial charge on any atom is 0.147 e. The van der Waals surface area contributed by atoms with Gasteiger partial charge in [-0.25, -0.2) is 0 Å². The number of aromatic nitrogens is 3. The molecule has 1 aliphatic carbocycles. The Morgan fingerprint density at radius 2 is 2.12 bits per heavy atom. The number of rotatable bonds is 2. The Hall–Kier alpha value is -0.940. The topological polar surface area (TPSA) is 54.2 Å². The monoisotopic (exact) mass is 222 g/mol. The summed E-state index contributed by atoms with van der Waals surface area (Å²) in [6, 6.07) is 0. The van der Waals surface area contributed by atoms with Crippen molar-refractivity contribution < 1.29 is 5.11 Å². The van der Waals surface area contributed by atoms with Gasteiger partial charge in [-0.3, -0.25) is 4.90 Å². The Morgan fingerprint density at radius 3 is 2.94 bits per heavy atom. The summed E-state index contributed by atoms with van der Waals surface area (Å²) in [5.41, 5.74) is -0.442. The highest BCUT2D eigenvalue weighted by Crippen LogP contribution is 2.30. The fourth-order valence-corrected chi connectivity index (χ4v) is 2.86. The quantitative estimate of drug-likeness (QED) is 0.787. The Labute approximate surface area is 95.1 Å². The number of fused-ring (bicyclic) bond motifs is 1. The van der Waals surface area contributed by atoms with Gasteiger partial charge in [0.05, 0.1) is 12.1 Å². The van der Waals surface area contributed by atoms with Gasteiger partial charge in [0.2, 0.25) is 0 Å². The van der Waals surface area contributed by atoms with E-state index in [-0.39, 0.29) is 0 Å². The predicted octanol–water partition coefficient (Wildman–Crippen LogP) is 0.399. The first-order chi connectivity index (χ1) is 7.75. The summed E-state index contributed by atoms with van der Waals surface area (Å²) in [7, 11) is 0. The second-order valence-electron chi connectivity index (χ2n) is 5.08. The second-order valence-corrected chi connectivity index (χ2v) is 5.08. The van der Waals surface area contributed by atoms with E-state index in [1.54, 1.807) is 6.33 Å². The van der Waals surface area contributed by atoms with Crippen LogP contribution in [0.2, 0.25) is 0 Å². The van der Waals surface area contributed by atoms with E-state index >= 15 is 0 Å². The van der Waals surface area contributed by atoms with E-state index in [0.717, 1.165) is 44.8 Å². The van der Waals surface area contributed by atoms with Gasteiger partial charge < -0.3 is 9.67 Å². The van der Waals surface area contributed by atoms with Gasteiger partial charge in [-0.15, -0.1) is 10.2 Å². The molecule has 0 radical (unpaired) electrons. The molecular formula is C11H18N4O. The van der Waals surface area contributed by atoms with Crippen LogP contribution in [0.3, 0.4) is 0 Å². The lowest BCUT2D eigenvalue weighted by atomic mass is 10.0. The van der Waals surface area contributed by atoms with E-state index in [1.165, 1.54) is 12.8 Å². The molecular weight excluding hydrogens is 204 g/mol. The third-order valence-corrected chi connectivity index (χ3v) is 3.77. The highest BCUT2D eigenvalue weighted by atomic mass is 16.3. The van der Waals surface area contributed by atoms with Crippen molar-refractivity contribution in [1.29, 1.82) is 0 Å². The molecule has 1 N–H and O–H groups in total. The zero-order valence-electron chi connectivity index (χ0n) is 9.47. The molecule has 0 atom stereocenters. The molecule has 1 aliphatic heterocycles. The van der Waals surface area contributed by atoms with Crippen molar-refractivity contribution in [2.75, 3.05) is 13.1 Å². The molecule has 1 aromatic rings. The highest BCUT2D eigenvalue weighted by Gasteiger charge is 2.34. The van der Waals surface area contributed by atoms with Gasteiger partial charge in [0, 0.05) is 19.6 Å². The molecule has 0 unspecified atom stereocenters. The Balaban J connectivity index is 1.65. The minimum atomic E-state index is -0.442. The zero-order valence-corrected chi connectivity index (χ0v) is 9.47. The Morgan fingerprint density at radius 1 is 1.31 bits per heavy atom. The number of hydrogen-bond donors (Lipinski definition) is 1. The minimum Gasteiger partial charge on any atom is -0.389 e. The molecule has 1 saturated carbocycles. The van der Waals surface area contributed by atoms with E-state index in [0.29, 0.717) is 0 Å². The van der Waals surface area contributed by atoms with Crippen molar-refractivity contribution >= 4 is 0 Å². The van der Waals surface area contributed by atoms with Crippen LogP contribution in [0.25, 0.3) is 0 Å². The van der Waals surface area contributed by atoms with Crippen LogP contribution in [0.4, 0.5) is 0 Å². The molecule has 3 rings (SSSR count). The van der Waals surface area contributed by atoms with Gasteiger partial charge in [0.1, 0.15) is 12.2 Å². The van der Waals surface area contributed by atoms with E-state index in [2.05, 4.69) is 19.7 Å². The van der Waals surface area contributed by atoms with Gasteiger partial charge in [-0.1, -0.05) is 12.8 Å². The fourth-order valence-electron chi connectivity index (χ4n) is 2.86. The van der Waals surface area contributed by atoms with Crippen LogP contribution in [0.5, 0.6) is 0 Å². The van der Waals surface area contributed by atoms with E-state index in [1.807, 2.05) is 0 Å². The van der Waals surface area contributed by atoms with Crippen molar-refractivity contribution in [3.63, 3.8) is 0 Å². The van der Waals surface area contributed by atoms with Gasteiger partial charge in [-0.05, 0) is 12.8 Å². The standard InChI is InChI=1S/C11H18N4O/c16-11(3-1-2-4-11)8-14-5-6-15-9-12-13-10(15)7-14/h9,16H,1-8H2. The lowest BCUT2D eigenvalue weighted by Gasteiger charge is -2.33. The Kier molecular flexibility index (Phi) is 2.44. The van der Waals surface area contributed by atoms with E-state index in [9.17, 15) is 5.11 Å². The molecule has 0 amide bonds. The molecule has 0 bridgehead atoms. The zero-order chi connectivity index (χ0) is 11.0. The minimum absolute atomic E-state index is 0.442. The third-order valence-electron chi connectivity index (χ3n) is 3.77. The van der Waals surface area contributed by atoms with Crippen LogP contribution in [-0.4, -0.2) is 43.5 Å². The third kappa shape index (κ3) is 1.85. The number of aliphatic hydroxyl groups is 1. The molecule has 16 heavy (non-hydrogen) atoms. The first kappa shape index (κ1) is 10.2. The second kappa shape index (κ2) is 3.82. The maximum atomic E-state index is 10.4. The molecule has 0 saturated heterocycles. The molecule has 1 aromatic heterocycles. The number of hydrogen-bond acceptors (Lipinski definition) is 4. The molecule has 2 aliphatic rings. The molecule has 0 spiro atoms. The lowest BCUT2D eigenvalue weighted by molar-refractivity contribution is 0.00165.